The van der Waals surface area contributed by atoms with Crippen LogP contribution in [0.4, 0.5) is 105 Å². The van der Waals surface area contributed by atoms with E-state index >= 15 is 0 Å². The Morgan fingerprint density at radius 1 is 0.385 bits per heavy atom. The van der Waals surface area contributed by atoms with Crippen LogP contribution in [0.5, 0.6) is 0 Å². The largest absolute Gasteiger partial charge is 0.462 e. The Labute approximate surface area is 422 Å². The molecule has 29 heteroatoms. The summed E-state index contributed by atoms with van der Waals surface area (Å²) in [6.07, 6.45) is -50.3. The smallest absolute Gasteiger partial charge is 0.416 e. The molecule has 0 saturated carbocycles. The first kappa shape index (κ1) is 61.6. The third-order valence-electron chi connectivity index (χ3n) is 11.4. The summed E-state index contributed by atoms with van der Waals surface area (Å²) in [6, 6.07) is 3.41. The lowest BCUT2D eigenvalue weighted by molar-refractivity contribution is -0.683. The standard InChI is InChI=1S/C32H12BF24.C17H18NO3/c34-25(35,36)13-1-14(26(37,38)39)6-21(5-13)33(22-7-15(27(40,41)42)2-16(8-22)28(43,44)45,23-9-17(29(46,47)48)3-18(10-23)30(49,50)51)24-11-19(31(52,53)54)4-20(12-24)32(55,56)57;1-2-12-21-17(20)15-8-6-14(7-9-15)16(19)13-18-10-4-3-5-11-18/h1-12H;3-11H,2,12-13H2,1H3/q-1;+1. The molecule has 78 heavy (non-hydrogen) atoms. The van der Waals surface area contributed by atoms with Gasteiger partial charge in [-0.3, -0.25) is 4.79 Å². The maximum atomic E-state index is 14.2. The van der Waals surface area contributed by atoms with Crippen molar-refractivity contribution in [2.24, 2.45) is 0 Å². The number of carbonyl (C=O) groups excluding carboxylic acids is 2. The van der Waals surface area contributed by atoms with Gasteiger partial charge in [-0.1, -0.05) is 73.7 Å². The second-order valence-corrected chi connectivity index (χ2v) is 16.9. The zero-order chi connectivity index (χ0) is 59.0. The Bertz CT molecular complexity index is 2680. The Morgan fingerprint density at radius 2 is 0.628 bits per heavy atom. The van der Waals surface area contributed by atoms with Crippen LogP contribution in [0, 0.1) is 0 Å². The Hall–Kier alpha value is -7.23. The molecular formula is C49H30BF24NO3. The number of hydrogen-bond donors (Lipinski definition) is 0. The number of alkyl halides is 24. The lowest BCUT2D eigenvalue weighted by Gasteiger charge is -2.46. The van der Waals surface area contributed by atoms with Gasteiger partial charge in [0.2, 0.25) is 12.3 Å². The number of ether oxygens (including phenoxy) is 1. The van der Waals surface area contributed by atoms with Crippen LogP contribution in [-0.2, 0) is 60.7 Å². The van der Waals surface area contributed by atoms with Crippen molar-refractivity contribution in [3.05, 3.63) is 183 Å². The molecule has 0 bridgehead atoms. The molecule has 0 aliphatic rings. The maximum absolute atomic E-state index is 14.2. The van der Waals surface area contributed by atoms with Crippen LogP contribution < -0.4 is 26.4 Å². The van der Waals surface area contributed by atoms with Crippen LogP contribution in [0.25, 0.3) is 0 Å². The lowest BCUT2D eigenvalue weighted by atomic mass is 9.12. The van der Waals surface area contributed by atoms with Crippen molar-refractivity contribution in [3.8, 4) is 0 Å². The minimum absolute atomic E-state index is 0.000300. The summed E-state index contributed by atoms with van der Waals surface area (Å²) in [6.45, 7) is 2.63. The van der Waals surface area contributed by atoms with Crippen molar-refractivity contribution in [3.63, 3.8) is 0 Å². The molecule has 4 nitrogen and oxygen atoms in total. The average molecular weight is 1150 g/mol. The van der Waals surface area contributed by atoms with Gasteiger partial charge in [0, 0.05) is 17.7 Å². The number of carbonyl (C=O) groups is 2. The van der Waals surface area contributed by atoms with Crippen molar-refractivity contribution in [1.82, 2.24) is 0 Å². The molecule has 1 aromatic heterocycles. The van der Waals surface area contributed by atoms with Crippen LogP contribution in [-0.4, -0.2) is 24.5 Å². The Kier molecular flexibility index (Phi) is 17.3. The lowest BCUT2D eigenvalue weighted by Crippen LogP contribution is -2.75. The molecule has 0 aliphatic carbocycles. The summed E-state index contributed by atoms with van der Waals surface area (Å²) >= 11 is 0. The maximum Gasteiger partial charge on any atom is 0.416 e. The number of benzene rings is 5. The van der Waals surface area contributed by atoms with Crippen molar-refractivity contribution in [2.45, 2.75) is 69.3 Å². The minimum atomic E-state index is -6.13. The van der Waals surface area contributed by atoms with Gasteiger partial charge in [-0.05, 0) is 42.8 Å². The normalized spacial score (nSPS) is 13.2. The number of halogens is 24. The van der Waals surface area contributed by atoms with E-state index in [0.717, 1.165) is 6.42 Å². The van der Waals surface area contributed by atoms with Crippen molar-refractivity contribution in [1.29, 1.82) is 0 Å². The first-order chi connectivity index (χ1) is 35.5. The Balaban J connectivity index is 0.000000443. The molecule has 0 atom stereocenters. The number of pyridine rings is 1. The fourth-order valence-electron chi connectivity index (χ4n) is 7.94. The fraction of sp³-hybridized carbons (Fsp3) is 0.245. The van der Waals surface area contributed by atoms with Crippen LogP contribution in [0.2, 0.25) is 0 Å². The number of esters is 1. The van der Waals surface area contributed by atoms with Gasteiger partial charge in [-0.15, -0.1) is 0 Å². The molecule has 0 N–H and O–H groups in total. The van der Waals surface area contributed by atoms with Gasteiger partial charge in [-0.2, -0.15) is 132 Å². The number of aromatic nitrogens is 1. The van der Waals surface area contributed by atoms with Gasteiger partial charge < -0.3 is 4.74 Å². The van der Waals surface area contributed by atoms with Gasteiger partial charge >= 0.3 is 55.4 Å². The summed E-state index contributed by atoms with van der Waals surface area (Å²) in [5.41, 5.74) is -29.2. The van der Waals surface area contributed by atoms with E-state index in [2.05, 4.69) is 0 Å². The summed E-state index contributed by atoms with van der Waals surface area (Å²) in [5.74, 6) is -0.354. The second-order valence-electron chi connectivity index (χ2n) is 16.9. The van der Waals surface area contributed by atoms with Gasteiger partial charge in [0.1, 0.15) is 6.15 Å². The molecule has 0 aliphatic heterocycles. The highest BCUT2D eigenvalue weighted by molar-refractivity contribution is 7.20. The third kappa shape index (κ3) is 14.7. The molecule has 6 aromatic rings. The van der Waals surface area contributed by atoms with E-state index in [1.54, 1.807) is 24.3 Å². The molecule has 5 aromatic carbocycles. The van der Waals surface area contributed by atoms with Gasteiger partial charge in [0.15, 0.2) is 12.4 Å². The highest BCUT2D eigenvalue weighted by atomic mass is 19.4. The van der Waals surface area contributed by atoms with Gasteiger partial charge in [0.25, 0.3) is 0 Å². The minimum Gasteiger partial charge on any atom is -0.462 e. The van der Waals surface area contributed by atoms with E-state index in [1.807, 2.05) is 42.1 Å². The van der Waals surface area contributed by atoms with Crippen LogP contribution in [0.1, 0.15) is 78.6 Å². The van der Waals surface area contributed by atoms with E-state index < -0.39 is 195 Å². The molecule has 0 saturated heterocycles. The highest BCUT2D eigenvalue weighted by Gasteiger charge is 2.47. The van der Waals surface area contributed by atoms with Crippen LogP contribution in [0.15, 0.2) is 128 Å². The average Bonchev–Trinajstić information content (AvgIpc) is 3.35. The van der Waals surface area contributed by atoms with E-state index in [9.17, 15) is 115 Å². The van der Waals surface area contributed by atoms with Crippen LogP contribution in [0.3, 0.4) is 0 Å². The first-order valence-corrected chi connectivity index (χ1v) is 21.6. The van der Waals surface area contributed by atoms with Crippen molar-refractivity contribution < 1.29 is 124 Å². The molecule has 1 heterocycles. The molecule has 420 valence electrons. The van der Waals surface area contributed by atoms with E-state index in [-0.39, 0.29) is 18.3 Å². The van der Waals surface area contributed by atoms with Crippen molar-refractivity contribution in [2.75, 3.05) is 6.61 Å². The zero-order valence-electron chi connectivity index (χ0n) is 38.6. The molecule has 0 unspecified atom stereocenters. The highest BCUT2D eigenvalue weighted by Crippen LogP contribution is 2.41. The summed E-state index contributed by atoms with van der Waals surface area (Å²) in [5, 5.41) is 0. The number of nitrogens with zero attached hydrogens (tertiary/aromatic N) is 1. The topological polar surface area (TPSA) is 47.3 Å². The van der Waals surface area contributed by atoms with Gasteiger partial charge in [-0.25, -0.2) is 4.79 Å². The molecule has 0 radical (unpaired) electrons. The molecule has 0 spiro atoms. The molecule has 0 fully saturated rings. The summed E-state index contributed by atoms with van der Waals surface area (Å²) < 4.78 is 348. The Morgan fingerprint density at radius 3 is 0.859 bits per heavy atom. The number of rotatable bonds is 10. The molecule has 0 amide bonds. The molecule has 6 rings (SSSR count). The van der Waals surface area contributed by atoms with Gasteiger partial charge in [0.05, 0.1) is 56.7 Å². The summed E-state index contributed by atoms with van der Waals surface area (Å²) in [7, 11) is 0. The molecular weight excluding hydrogens is 1120 g/mol. The van der Waals surface area contributed by atoms with Crippen molar-refractivity contribution >= 4 is 39.7 Å². The summed E-state index contributed by atoms with van der Waals surface area (Å²) in [4.78, 5) is 23.8. The first-order valence-electron chi connectivity index (χ1n) is 21.6. The van der Waals surface area contributed by atoms with E-state index in [0.29, 0.717) is 17.7 Å². The quantitative estimate of drug-likeness (QED) is 0.0451. The number of hydrogen-bond acceptors (Lipinski definition) is 3. The predicted molar refractivity (Wildman–Crippen MR) is 228 cm³/mol. The number of Topliss-reactive ketones (excluding diaryl/α,β-unsaturated/α-hetero) is 1. The van der Waals surface area contributed by atoms with E-state index in [1.165, 1.54) is 0 Å². The fourth-order valence-corrected chi connectivity index (χ4v) is 7.94. The van der Waals surface area contributed by atoms with E-state index in [4.69, 9.17) is 4.74 Å². The number of ketones is 1. The third-order valence-corrected chi connectivity index (χ3v) is 11.4. The second kappa shape index (κ2) is 21.9. The van der Waals surface area contributed by atoms with Crippen LogP contribution >= 0.6 is 0 Å². The zero-order valence-corrected chi connectivity index (χ0v) is 38.6. The predicted octanol–water partition coefficient (Wildman–Crippen LogP) is 13.6. The SMILES string of the molecule is CCCOC(=O)c1ccc(C(=O)C[n+]2ccccc2)cc1.FC(F)(F)c1cc([B-](c2cc(C(F)(F)F)cc(C(F)(F)F)c2)(c2cc(C(F)(F)F)cc(C(F)(F)F)c2)c2cc(C(F)(F)F)cc(C(F)(F)F)c2)cc(C(F)(F)F)c1. The monoisotopic (exact) mass is 1150 g/mol.